The van der Waals surface area contributed by atoms with Gasteiger partial charge in [0.1, 0.15) is 5.78 Å². The molecule has 1 heterocycles. The molecule has 0 unspecified atom stereocenters. The molecule has 1 amide bonds. The predicted octanol–water partition coefficient (Wildman–Crippen LogP) is 1.21. The van der Waals surface area contributed by atoms with Crippen LogP contribution in [0.2, 0.25) is 0 Å². The number of Topliss-reactive ketones (excluding diaryl/α,β-unsaturated/α-hetero) is 1. The van der Waals surface area contributed by atoms with Gasteiger partial charge >= 0.3 is 0 Å². The quantitative estimate of drug-likeness (QED) is 0.763. The predicted molar refractivity (Wildman–Crippen MR) is 62.6 cm³/mol. The van der Waals surface area contributed by atoms with Gasteiger partial charge < -0.3 is 15.4 Å². The molecule has 4 nitrogen and oxygen atoms in total. The Morgan fingerprint density at radius 1 is 1.44 bits per heavy atom. The number of hydrogen-bond donors (Lipinski definition) is 1. The van der Waals surface area contributed by atoms with Gasteiger partial charge in [0.15, 0.2) is 0 Å². The van der Waals surface area contributed by atoms with Crippen molar-refractivity contribution < 1.29 is 9.59 Å². The van der Waals surface area contributed by atoms with E-state index in [0.29, 0.717) is 25.0 Å². The molecule has 4 heteroatoms. The summed E-state index contributed by atoms with van der Waals surface area (Å²) < 4.78 is 0. The molecular weight excluding hydrogens is 204 g/mol. The van der Waals surface area contributed by atoms with E-state index in [-0.39, 0.29) is 17.7 Å². The first-order valence-electron chi connectivity index (χ1n) is 5.75. The average molecular weight is 224 g/mol. The molecule has 0 saturated carbocycles. The van der Waals surface area contributed by atoms with Crippen LogP contribution >= 0.6 is 0 Å². The fourth-order valence-electron chi connectivity index (χ4n) is 2.08. The molecule has 90 valence electrons. The summed E-state index contributed by atoms with van der Waals surface area (Å²) in [6, 6.07) is 0.00447. The highest BCUT2D eigenvalue weighted by Crippen LogP contribution is 2.21. The number of hydrogen-bond acceptors (Lipinski definition) is 3. The van der Waals surface area contributed by atoms with Gasteiger partial charge in [-0.15, -0.1) is 0 Å². The molecule has 1 atom stereocenters. The number of ketones is 1. The summed E-state index contributed by atoms with van der Waals surface area (Å²) in [5, 5.41) is 0. The molecule has 0 aromatic rings. The zero-order valence-corrected chi connectivity index (χ0v) is 9.87. The Kier molecular flexibility index (Phi) is 4.52. The van der Waals surface area contributed by atoms with Crippen molar-refractivity contribution in [1.82, 2.24) is 4.90 Å². The molecule has 0 spiro atoms. The molecule has 0 bridgehead atoms. The first-order valence-corrected chi connectivity index (χ1v) is 5.75. The van der Waals surface area contributed by atoms with Gasteiger partial charge in [0.25, 0.3) is 0 Å². The maximum absolute atomic E-state index is 11.9. The van der Waals surface area contributed by atoms with Crippen molar-refractivity contribution in [2.24, 2.45) is 5.73 Å². The van der Waals surface area contributed by atoms with Crippen LogP contribution in [-0.4, -0.2) is 29.2 Å². The molecule has 1 rings (SSSR count). The van der Waals surface area contributed by atoms with Gasteiger partial charge in [-0.3, -0.25) is 4.79 Å². The van der Waals surface area contributed by atoms with Crippen LogP contribution < -0.4 is 5.73 Å². The van der Waals surface area contributed by atoms with Crippen molar-refractivity contribution >= 4 is 11.7 Å². The van der Waals surface area contributed by atoms with Crippen molar-refractivity contribution in [1.29, 1.82) is 0 Å². The highest BCUT2D eigenvalue weighted by molar-refractivity contribution is 5.79. The van der Waals surface area contributed by atoms with Crippen LogP contribution in [0, 0.1) is 0 Å². The summed E-state index contributed by atoms with van der Waals surface area (Å²) in [7, 11) is 0. The van der Waals surface area contributed by atoms with Crippen molar-refractivity contribution in [3.8, 4) is 0 Å². The second-order valence-corrected chi connectivity index (χ2v) is 4.38. The van der Waals surface area contributed by atoms with Crippen molar-refractivity contribution in [2.75, 3.05) is 6.54 Å². The highest BCUT2D eigenvalue weighted by atomic mass is 16.2. The van der Waals surface area contributed by atoms with E-state index in [1.165, 1.54) is 0 Å². The lowest BCUT2D eigenvalue weighted by Crippen LogP contribution is -2.38. The molecule has 1 fully saturated rings. The average Bonchev–Trinajstić information content (AvgIpc) is 2.65. The summed E-state index contributed by atoms with van der Waals surface area (Å²) in [4.78, 5) is 24.4. The van der Waals surface area contributed by atoms with Gasteiger partial charge in [-0.1, -0.05) is 6.58 Å². The Labute approximate surface area is 96.5 Å². The van der Waals surface area contributed by atoms with E-state index in [1.807, 2.05) is 0 Å². The van der Waals surface area contributed by atoms with E-state index in [4.69, 9.17) is 5.73 Å². The summed E-state index contributed by atoms with van der Waals surface area (Å²) >= 11 is 0. The van der Waals surface area contributed by atoms with E-state index >= 15 is 0 Å². The second-order valence-electron chi connectivity index (χ2n) is 4.38. The van der Waals surface area contributed by atoms with Crippen molar-refractivity contribution in [3.63, 3.8) is 0 Å². The number of carbonyl (C=O) groups is 2. The lowest BCUT2D eigenvalue weighted by molar-refractivity contribution is -0.131. The van der Waals surface area contributed by atoms with Gasteiger partial charge in [0.05, 0.1) is 6.04 Å². The molecular formula is C12H20N2O2. The maximum Gasteiger partial charge on any atom is 0.223 e. The molecule has 1 aliphatic rings. The van der Waals surface area contributed by atoms with E-state index < -0.39 is 0 Å². The zero-order valence-electron chi connectivity index (χ0n) is 9.87. The molecule has 0 aliphatic carbocycles. The van der Waals surface area contributed by atoms with Gasteiger partial charge in [-0.2, -0.15) is 0 Å². The Morgan fingerprint density at radius 2 is 2.12 bits per heavy atom. The van der Waals surface area contributed by atoms with Crippen molar-refractivity contribution in [2.45, 2.75) is 45.1 Å². The minimum Gasteiger partial charge on any atom is -0.401 e. The van der Waals surface area contributed by atoms with Crippen LogP contribution in [-0.2, 0) is 9.59 Å². The molecule has 16 heavy (non-hydrogen) atoms. The molecule has 2 N–H and O–H groups in total. The van der Waals surface area contributed by atoms with Gasteiger partial charge in [-0.25, -0.2) is 0 Å². The molecule has 0 radical (unpaired) electrons. The van der Waals surface area contributed by atoms with Crippen LogP contribution in [0.5, 0.6) is 0 Å². The summed E-state index contributed by atoms with van der Waals surface area (Å²) in [6.45, 7) is 6.02. The number of rotatable bonds is 5. The van der Waals surface area contributed by atoms with E-state index in [0.717, 1.165) is 19.4 Å². The second kappa shape index (κ2) is 5.68. The topological polar surface area (TPSA) is 63.4 Å². The summed E-state index contributed by atoms with van der Waals surface area (Å²) in [5.74, 6) is 0.226. The SMILES string of the molecule is C=C(N)[C@@H]1CCCN1C(=O)CCCC(C)=O. The van der Waals surface area contributed by atoms with Gasteiger partial charge in [0, 0.05) is 25.1 Å². The van der Waals surface area contributed by atoms with E-state index in [2.05, 4.69) is 6.58 Å². The monoisotopic (exact) mass is 224 g/mol. The number of nitrogens with zero attached hydrogens (tertiary/aromatic N) is 1. The number of amides is 1. The maximum atomic E-state index is 11.9. The largest absolute Gasteiger partial charge is 0.401 e. The summed E-state index contributed by atoms with van der Waals surface area (Å²) in [5.41, 5.74) is 6.23. The minimum atomic E-state index is 0.00447. The van der Waals surface area contributed by atoms with Crippen LogP contribution in [0.25, 0.3) is 0 Å². The molecule has 1 saturated heterocycles. The lowest BCUT2D eigenvalue weighted by Gasteiger charge is -2.24. The number of carbonyl (C=O) groups excluding carboxylic acids is 2. The number of likely N-dealkylation sites (tertiary alicyclic amines) is 1. The van der Waals surface area contributed by atoms with Crippen molar-refractivity contribution in [3.05, 3.63) is 12.3 Å². The van der Waals surface area contributed by atoms with Gasteiger partial charge in [-0.05, 0) is 26.2 Å². The third kappa shape index (κ3) is 3.36. The molecule has 1 aliphatic heterocycles. The van der Waals surface area contributed by atoms with Crippen LogP contribution in [0.1, 0.15) is 39.0 Å². The Morgan fingerprint density at radius 3 is 2.69 bits per heavy atom. The minimum absolute atomic E-state index is 0.00447. The smallest absolute Gasteiger partial charge is 0.223 e. The van der Waals surface area contributed by atoms with Crippen LogP contribution in [0.4, 0.5) is 0 Å². The fourth-order valence-corrected chi connectivity index (χ4v) is 2.08. The van der Waals surface area contributed by atoms with Gasteiger partial charge in [0.2, 0.25) is 5.91 Å². The van der Waals surface area contributed by atoms with Crippen LogP contribution in [0.15, 0.2) is 12.3 Å². The third-order valence-corrected chi connectivity index (χ3v) is 2.92. The van der Waals surface area contributed by atoms with E-state index in [1.54, 1.807) is 11.8 Å². The molecule has 0 aromatic heterocycles. The van der Waals surface area contributed by atoms with E-state index in [9.17, 15) is 9.59 Å². The molecule has 0 aromatic carbocycles. The Balaban J connectivity index is 2.41. The first kappa shape index (κ1) is 12.7. The highest BCUT2D eigenvalue weighted by Gasteiger charge is 2.28. The van der Waals surface area contributed by atoms with Crippen LogP contribution in [0.3, 0.4) is 0 Å². The Bertz CT molecular complexity index is 299. The normalized spacial score (nSPS) is 19.8. The lowest BCUT2D eigenvalue weighted by atomic mass is 10.1. The summed E-state index contributed by atoms with van der Waals surface area (Å²) in [6.07, 6.45) is 3.44. The zero-order chi connectivity index (χ0) is 12.1. The standard InChI is InChI=1S/C12H20N2O2/c1-9(15)5-3-7-12(16)14-8-4-6-11(14)10(2)13/h11H,2-8,13H2,1H3/t11-/m0/s1. The fraction of sp³-hybridized carbons (Fsp3) is 0.667. The number of nitrogens with two attached hydrogens (primary N) is 1. The Hall–Kier alpha value is -1.32. The first-order chi connectivity index (χ1) is 7.52. The third-order valence-electron chi connectivity index (χ3n) is 2.92.